The van der Waals surface area contributed by atoms with Crippen molar-refractivity contribution in [3.63, 3.8) is 0 Å². The molecule has 1 aromatic heterocycles. The Bertz CT molecular complexity index is 999. The first-order chi connectivity index (χ1) is 16.0. The summed E-state index contributed by atoms with van der Waals surface area (Å²) in [6, 6.07) is 14.6. The fourth-order valence-corrected chi connectivity index (χ4v) is 4.50. The van der Waals surface area contributed by atoms with Crippen LogP contribution in [0.4, 0.5) is 4.39 Å². The number of aromatic nitrogens is 1. The number of methoxy groups -OCH3 is 1. The summed E-state index contributed by atoms with van der Waals surface area (Å²) in [5.74, 6) is 0.573. The number of carbonyl (C=O) groups is 1. The number of thiazole rings is 1. The van der Waals surface area contributed by atoms with Gasteiger partial charge < -0.3 is 9.64 Å². The average molecular weight is 470 g/mol. The third-order valence-corrected chi connectivity index (χ3v) is 6.12. The van der Waals surface area contributed by atoms with E-state index in [4.69, 9.17) is 4.74 Å². The number of nitrogens with zero attached hydrogens (tertiary/aromatic N) is 3. The van der Waals surface area contributed by atoms with E-state index >= 15 is 0 Å². The van der Waals surface area contributed by atoms with E-state index < -0.39 is 0 Å². The normalized spacial score (nSPS) is 11.1. The van der Waals surface area contributed by atoms with E-state index in [0.717, 1.165) is 47.8 Å². The van der Waals surface area contributed by atoms with Crippen LogP contribution < -0.4 is 4.74 Å². The Balaban J connectivity index is 1.76. The van der Waals surface area contributed by atoms with Gasteiger partial charge in [-0.2, -0.15) is 0 Å². The van der Waals surface area contributed by atoms with Crippen LogP contribution in [0.5, 0.6) is 5.75 Å². The quantitative estimate of drug-likeness (QED) is 0.339. The van der Waals surface area contributed by atoms with Crippen molar-refractivity contribution in [2.45, 2.75) is 46.3 Å². The van der Waals surface area contributed by atoms with Crippen molar-refractivity contribution in [2.24, 2.45) is 0 Å². The molecule has 0 N–H and O–H groups in total. The van der Waals surface area contributed by atoms with E-state index in [0.29, 0.717) is 25.3 Å². The molecule has 0 aliphatic rings. The Labute approximate surface area is 199 Å². The molecule has 0 unspecified atom stereocenters. The van der Waals surface area contributed by atoms with Gasteiger partial charge in [-0.1, -0.05) is 38.1 Å². The van der Waals surface area contributed by atoms with Crippen LogP contribution in [0.3, 0.4) is 0 Å². The molecule has 33 heavy (non-hydrogen) atoms. The van der Waals surface area contributed by atoms with Crippen LogP contribution in [-0.2, 0) is 19.6 Å². The lowest BCUT2D eigenvalue weighted by molar-refractivity contribution is 0.0750. The van der Waals surface area contributed by atoms with Gasteiger partial charge in [0, 0.05) is 31.6 Å². The molecule has 0 radical (unpaired) electrons. The fraction of sp³-hybridized carbons (Fsp3) is 0.385. The monoisotopic (exact) mass is 469 g/mol. The summed E-state index contributed by atoms with van der Waals surface area (Å²) in [7, 11) is 1.65. The summed E-state index contributed by atoms with van der Waals surface area (Å²) in [5, 5.41) is 2.75. The highest BCUT2D eigenvalue weighted by Gasteiger charge is 2.19. The SMILES string of the molecule is CCCN(CCC)C(=O)c1csc(CN(Cc2ccc(F)cc2)Cc2ccc(OC)cc2)n1. The first-order valence-corrected chi connectivity index (χ1v) is 12.2. The smallest absolute Gasteiger partial charge is 0.273 e. The minimum atomic E-state index is -0.243. The number of halogens is 1. The Morgan fingerprint density at radius 2 is 1.52 bits per heavy atom. The number of amides is 1. The molecular formula is C26H32FN3O2S. The van der Waals surface area contributed by atoms with Crippen LogP contribution in [0, 0.1) is 5.82 Å². The Kier molecular flexibility index (Phi) is 9.39. The van der Waals surface area contributed by atoms with Crippen LogP contribution in [0.15, 0.2) is 53.9 Å². The van der Waals surface area contributed by atoms with Gasteiger partial charge in [0.1, 0.15) is 22.3 Å². The molecule has 7 heteroatoms. The summed E-state index contributed by atoms with van der Waals surface area (Å²) in [5.41, 5.74) is 2.68. The molecule has 1 amide bonds. The third-order valence-electron chi connectivity index (χ3n) is 5.29. The maximum atomic E-state index is 13.4. The molecule has 0 aliphatic heterocycles. The zero-order valence-corrected chi connectivity index (χ0v) is 20.4. The first-order valence-electron chi connectivity index (χ1n) is 11.4. The number of hydrogen-bond donors (Lipinski definition) is 0. The van der Waals surface area contributed by atoms with Gasteiger partial charge in [-0.3, -0.25) is 9.69 Å². The van der Waals surface area contributed by atoms with Gasteiger partial charge >= 0.3 is 0 Å². The third kappa shape index (κ3) is 7.37. The molecule has 0 bridgehead atoms. The predicted octanol–water partition coefficient (Wildman–Crippen LogP) is 5.76. The van der Waals surface area contributed by atoms with Crippen molar-refractivity contribution in [3.8, 4) is 5.75 Å². The van der Waals surface area contributed by atoms with Crippen molar-refractivity contribution in [1.82, 2.24) is 14.8 Å². The van der Waals surface area contributed by atoms with Gasteiger partial charge in [-0.05, 0) is 48.2 Å². The van der Waals surface area contributed by atoms with Gasteiger partial charge in [-0.15, -0.1) is 11.3 Å². The van der Waals surface area contributed by atoms with Gasteiger partial charge in [-0.25, -0.2) is 9.37 Å². The van der Waals surface area contributed by atoms with E-state index in [9.17, 15) is 9.18 Å². The predicted molar refractivity (Wildman–Crippen MR) is 131 cm³/mol. The Morgan fingerprint density at radius 3 is 2.06 bits per heavy atom. The second-order valence-electron chi connectivity index (χ2n) is 8.04. The van der Waals surface area contributed by atoms with Crippen LogP contribution in [0.2, 0.25) is 0 Å². The highest BCUT2D eigenvalue weighted by atomic mass is 32.1. The topological polar surface area (TPSA) is 45.7 Å². The van der Waals surface area contributed by atoms with E-state index in [2.05, 4.69) is 23.7 Å². The zero-order chi connectivity index (χ0) is 23.6. The number of rotatable bonds is 12. The number of ether oxygens (including phenoxy) is 1. The first kappa shape index (κ1) is 24.9. The van der Waals surface area contributed by atoms with Crippen molar-refractivity contribution in [3.05, 3.63) is 81.6 Å². The molecule has 2 aromatic carbocycles. The van der Waals surface area contributed by atoms with Crippen LogP contribution in [0.1, 0.15) is 53.3 Å². The summed E-state index contributed by atoms with van der Waals surface area (Å²) < 4.78 is 18.6. The number of hydrogen-bond acceptors (Lipinski definition) is 5. The highest BCUT2D eigenvalue weighted by molar-refractivity contribution is 7.09. The van der Waals surface area contributed by atoms with Crippen LogP contribution >= 0.6 is 11.3 Å². The van der Waals surface area contributed by atoms with Gasteiger partial charge in [0.15, 0.2) is 0 Å². The van der Waals surface area contributed by atoms with Gasteiger partial charge in [0.05, 0.1) is 13.7 Å². The van der Waals surface area contributed by atoms with Crippen molar-refractivity contribution < 1.29 is 13.9 Å². The lowest BCUT2D eigenvalue weighted by Crippen LogP contribution is -2.32. The lowest BCUT2D eigenvalue weighted by atomic mass is 10.1. The van der Waals surface area contributed by atoms with Gasteiger partial charge in [0.25, 0.3) is 5.91 Å². The van der Waals surface area contributed by atoms with Crippen LogP contribution in [0.25, 0.3) is 0 Å². The molecule has 3 aromatic rings. The van der Waals surface area contributed by atoms with Crippen molar-refractivity contribution in [2.75, 3.05) is 20.2 Å². The van der Waals surface area contributed by atoms with Gasteiger partial charge in [0.2, 0.25) is 0 Å². The zero-order valence-electron chi connectivity index (χ0n) is 19.6. The average Bonchev–Trinajstić information content (AvgIpc) is 3.29. The second kappa shape index (κ2) is 12.5. The summed E-state index contributed by atoms with van der Waals surface area (Å²) in [6.07, 6.45) is 1.85. The van der Waals surface area contributed by atoms with Crippen LogP contribution in [-0.4, -0.2) is 40.9 Å². The molecule has 0 fully saturated rings. The standard InChI is InChI=1S/C26H32FN3O2S/c1-4-14-30(15-5-2)26(31)24-19-33-25(28-24)18-29(16-20-6-10-22(27)11-7-20)17-21-8-12-23(32-3)13-9-21/h6-13,19H,4-5,14-18H2,1-3H3. The second-order valence-corrected chi connectivity index (χ2v) is 8.98. The Morgan fingerprint density at radius 1 is 0.939 bits per heavy atom. The molecule has 0 saturated heterocycles. The molecule has 0 aliphatic carbocycles. The maximum Gasteiger partial charge on any atom is 0.273 e. The van der Waals surface area contributed by atoms with E-state index in [1.807, 2.05) is 34.5 Å². The lowest BCUT2D eigenvalue weighted by Gasteiger charge is -2.22. The summed E-state index contributed by atoms with van der Waals surface area (Å²) in [4.78, 5) is 21.7. The number of carbonyl (C=O) groups excluding carboxylic acids is 1. The molecular weight excluding hydrogens is 437 g/mol. The van der Waals surface area contributed by atoms with E-state index in [-0.39, 0.29) is 11.7 Å². The molecule has 176 valence electrons. The summed E-state index contributed by atoms with van der Waals surface area (Å²) >= 11 is 1.51. The molecule has 0 saturated carbocycles. The molecule has 3 rings (SSSR count). The number of benzene rings is 2. The molecule has 1 heterocycles. The minimum Gasteiger partial charge on any atom is -0.497 e. The molecule has 0 spiro atoms. The Hall–Kier alpha value is -2.77. The van der Waals surface area contributed by atoms with Crippen molar-refractivity contribution in [1.29, 1.82) is 0 Å². The largest absolute Gasteiger partial charge is 0.497 e. The van der Waals surface area contributed by atoms with E-state index in [1.54, 1.807) is 19.2 Å². The minimum absolute atomic E-state index is 0.00133. The fourth-order valence-electron chi connectivity index (χ4n) is 3.69. The molecule has 0 atom stereocenters. The van der Waals surface area contributed by atoms with E-state index in [1.165, 1.54) is 23.5 Å². The maximum absolute atomic E-state index is 13.4. The highest BCUT2D eigenvalue weighted by Crippen LogP contribution is 2.20. The summed E-state index contributed by atoms with van der Waals surface area (Å²) in [6.45, 7) is 7.59. The molecule has 5 nitrogen and oxygen atoms in total. The van der Waals surface area contributed by atoms with Crippen molar-refractivity contribution >= 4 is 17.2 Å².